The lowest BCUT2D eigenvalue weighted by atomic mass is 9.83. The molecule has 0 bridgehead atoms. The van der Waals surface area contributed by atoms with Crippen LogP contribution in [-0.2, 0) is 21.5 Å². The van der Waals surface area contributed by atoms with Gasteiger partial charge in [-0.2, -0.15) is 0 Å². The van der Waals surface area contributed by atoms with Crippen molar-refractivity contribution >= 4 is 12.7 Å². The van der Waals surface area contributed by atoms with E-state index < -0.39 is 5.54 Å². The topological polar surface area (TPSA) is 55.8 Å². The van der Waals surface area contributed by atoms with Crippen LogP contribution in [0.5, 0.6) is 11.5 Å². The summed E-state index contributed by atoms with van der Waals surface area (Å²) in [5, 5.41) is 0. The number of aldehydes is 1. The van der Waals surface area contributed by atoms with Gasteiger partial charge >= 0.3 is 0 Å². The summed E-state index contributed by atoms with van der Waals surface area (Å²) in [6.45, 7) is 2.25. The van der Waals surface area contributed by atoms with E-state index in [1.807, 2.05) is 6.07 Å². The molecule has 0 aromatic heterocycles. The Balaban J connectivity index is 2.63. The number of fused-ring (bicyclic) bond motifs is 1. The Hall–Kier alpha value is -2.04. The fraction of sp³-hybridized carbons (Fsp3) is 0.429. The third kappa shape index (κ3) is 1.95. The number of carbonyl (C=O) groups is 2. The van der Waals surface area contributed by atoms with Crippen LogP contribution in [0.4, 0.5) is 0 Å². The van der Waals surface area contributed by atoms with Crippen molar-refractivity contribution in [2.75, 3.05) is 20.8 Å². The molecule has 1 amide bonds. The average Bonchev–Trinajstić information content (AvgIpc) is 2.46. The van der Waals surface area contributed by atoms with Gasteiger partial charge < -0.3 is 19.2 Å². The molecule has 1 aliphatic heterocycles. The number of hydrogen-bond acceptors (Lipinski definition) is 4. The maximum Gasteiger partial charge on any atom is 0.210 e. The normalized spacial score (nSPS) is 21.5. The first-order valence-electron chi connectivity index (χ1n) is 6.04. The Labute approximate surface area is 112 Å². The maximum atomic E-state index is 11.5. The van der Waals surface area contributed by atoms with Crippen LogP contribution in [0.15, 0.2) is 12.1 Å². The number of amides is 1. The highest BCUT2D eigenvalue weighted by Crippen LogP contribution is 2.39. The summed E-state index contributed by atoms with van der Waals surface area (Å²) in [6, 6.07) is 3.65. The van der Waals surface area contributed by atoms with Crippen LogP contribution in [0.1, 0.15) is 18.1 Å². The summed E-state index contributed by atoms with van der Waals surface area (Å²) in [5.41, 5.74) is 0.846. The first-order chi connectivity index (χ1) is 9.10. The average molecular weight is 263 g/mol. The molecular formula is C14H17NO4. The predicted molar refractivity (Wildman–Crippen MR) is 69.4 cm³/mol. The summed E-state index contributed by atoms with van der Waals surface area (Å²) >= 11 is 0. The molecule has 5 nitrogen and oxygen atoms in total. The van der Waals surface area contributed by atoms with E-state index in [1.54, 1.807) is 27.2 Å². The number of rotatable bonds is 4. The molecule has 0 unspecified atom stereocenters. The Morgan fingerprint density at radius 3 is 2.37 bits per heavy atom. The minimum atomic E-state index is -0.950. The highest BCUT2D eigenvalue weighted by molar-refractivity contribution is 5.74. The molecule has 19 heavy (non-hydrogen) atoms. The standard InChI is InChI=1S/C14H17NO4/c1-14(8-16)11-7-13(19-3)12(18-2)6-10(11)4-5-15(14)9-17/h6-9H,4-5H2,1-3H3/t14-/m1/s1. The summed E-state index contributed by atoms with van der Waals surface area (Å²) in [6.07, 6.45) is 2.21. The van der Waals surface area contributed by atoms with E-state index in [0.717, 1.165) is 17.4 Å². The molecule has 1 aromatic carbocycles. The second-order valence-electron chi connectivity index (χ2n) is 4.68. The molecule has 0 saturated heterocycles. The zero-order chi connectivity index (χ0) is 14.0. The van der Waals surface area contributed by atoms with E-state index in [0.29, 0.717) is 30.9 Å². The lowest BCUT2D eigenvalue weighted by Gasteiger charge is -2.40. The van der Waals surface area contributed by atoms with Crippen molar-refractivity contribution < 1.29 is 19.1 Å². The van der Waals surface area contributed by atoms with Crippen LogP contribution in [0.3, 0.4) is 0 Å². The van der Waals surface area contributed by atoms with E-state index in [1.165, 1.54) is 4.90 Å². The van der Waals surface area contributed by atoms with Crippen molar-refractivity contribution in [2.24, 2.45) is 0 Å². The summed E-state index contributed by atoms with van der Waals surface area (Å²) in [5.74, 6) is 1.19. The van der Waals surface area contributed by atoms with Gasteiger partial charge in [-0.15, -0.1) is 0 Å². The van der Waals surface area contributed by atoms with E-state index in [2.05, 4.69) is 0 Å². The third-order valence-corrected chi connectivity index (χ3v) is 3.73. The molecule has 0 radical (unpaired) electrons. The van der Waals surface area contributed by atoms with Gasteiger partial charge in [-0.25, -0.2) is 0 Å². The van der Waals surface area contributed by atoms with Gasteiger partial charge in [-0.3, -0.25) is 4.79 Å². The highest BCUT2D eigenvalue weighted by atomic mass is 16.5. The van der Waals surface area contributed by atoms with Crippen LogP contribution in [-0.4, -0.2) is 38.4 Å². The molecule has 1 aromatic rings. The van der Waals surface area contributed by atoms with Gasteiger partial charge in [-0.1, -0.05) is 0 Å². The van der Waals surface area contributed by atoms with Crippen LogP contribution < -0.4 is 9.47 Å². The number of benzene rings is 1. The number of methoxy groups -OCH3 is 2. The lowest BCUT2D eigenvalue weighted by molar-refractivity contribution is -0.132. The number of carbonyl (C=O) groups excluding carboxylic acids is 2. The van der Waals surface area contributed by atoms with Crippen LogP contribution in [0.2, 0.25) is 0 Å². The van der Waals surface area contributed by atoms with Gasteiger partial charge in [0.05, 0.1) is 14.2 Å². The molecule has 1 heterocycles. The molecule has 102 valence electrons. The molecule has 2 rings (SSSR count). The van der Waals surface area contributed by atoms with E-state index in [9.17, 15) is 9.59 Å². The SMILES string of the molecule is COc1cc2c(cc1OC)[C@@](C)(C=O)N(C=O)CC2. The molecule has 5 heteroatoms. The summed E-state index contributed by atoms with van der Waals surface area (Å²) in [4.78, 5) is 24.1. The van der Waals surface area contributed by atoms with E-state index in [-0.39, 0.29) is 0 Å². The number of hydrogen-bond donors (Lipinski definition) is 0. The van der Waals surface area contributed by atoms with Crippen LogP contribution >= 0.6 is 0 Å². The van der Waals surface area contributed by atoms with Gasteiger partial charge in [0.25, 0.3) is 0 Å². The Kier molecular flexibility index (Phi) is 3.46. The van der Waals surface area contributed by atoms with Crippen molar-refractivity contribution in [1.82, 2.24) is 4.90 Å². The molecule has 0 fully saturated rings. The number of ether oxygens (including phenoxy) is 2. The fourth-order valence-electron chi connectivity index (χ4n) is 2.52. The molecule has 0 aliphatic carbocycles. The first-order valence-corrected chi connectivity index (χ1v) is 6.04. The Morgan fingerprint density at radius 2 is 1.84 bits per heavy atom. The van der Waals surface area contributed by atoms with E-state index >= 15 is 0 Å². The van der Waals surface area contributed by atoms with Gasteiger partial charge in [0.2, 0.25) is 6.41 Å². The summed E-state index contributed by atoms with van der Waals surface area (Å²) < 4.78 is 10.5. The van der Waals surface area contributed by atoms with Crippen molar-refractivity contribution in [3.8, 4) is 11.5 Å². The van der Waals surface area contributed by atoms with Crippen molar-refractivity contribution in [3.63, 3.8) is 0 Å². The van der Waals surface area contributed by atoms with E-state index in [4.69, 9.17) is 9.47 Å². The predicted octanol–water partition coefficient (Wildman–Crippen LogP) is 1.13. The minimum Gasteiger partial charge on any atom is -0.493 e. The molecule has 1 atom stereocenters. The second-order valence-corrected chi connectivity index (χ2v) is 4.68. The molecule has 0 N–H and O–H groups in total. The Bertz CT molecular complexity index is 514. The van der Waals surface area contributed by atoms with Gasteiger partial charge in [-0.05, 0) is 36.6 Å². The first kappa shape index (κ1) is 13.4. The van der Waals surface area contributed by atoms with Gasteiger partial charge in [0.1, 0.15) is 11.8 Å². The monoisotopic (exact) mass is 263 g/mol. The minimum absolute atomic E-state index is 0.515. The molecular weight excluding hydrogens is 246 g/mol. The van der Waals surface area contributed by atoms with Gasteiger partial charge in [0.15, 0.2) is 11.5 Å². The fourth-order valence-corrected chi connectivity index (χ4v) is 2.52. The quantitative estimate of drug-likeness (QED) is 0.764. The van der Waals surface area contributed by atoms with Crippen molar-refractivity contribution in [3.05, 3.63) is 23.3 Å². The second kappa shape index (κ2) is 4.91. The highest BCUT2D eigenvalue weighted by Gasteiger charge is 2.38. The Morgan fingerprint density at radius 1 is 1.21 bits per heavy atom. The maximum absolute atomic E-state index is 11.5. The largest absolute Gasteiger partial charge is 0.493 e. The van der Waals surface area contributed by atoms with Gasteiger partial charge in [0, 0.05) is 6.54 Å². The molecule has 0 saturated carbocycles. The van der Waals surface area contributed by atoms with Crippen molar-refractivity contribution in [2.45, 2.75) is 18.9 Å². The zero-order valence-electron chi connectivity index (χ0n) is 11.3. The molecule has 1 aliphatic rings. The zero-order valence-corrected chi connectivity index (χ0v) is 11.3. The number of nitrogens with zero attached hydrogens (tertiary/aromatic N) is 1. The summed E-state index contributed by atoms with van der Waals surface area (Å²) in [7, 11) is 3.12. The smallest absolute Gasteiger partial charge is 0.210 e. The third-order valence-electron chi connectivity index (χ3n) is 3.73. The molecule has 0 spiro atoms. The van der Waals surface area contributed by atoms with Crippen LogP contribution in [0.25, 0.3) is 0 Å². The van der Waals surface area contributed by atoms with Crippen molar-refractivity contribution in [1.29, 1.82) is 0 Å². The lowest BCUT2D eigenvalue weighted by Crippen LogP contribution is -2.49. The van der Waals surface area contributed by atoms with Crippen LogP contribution in [0, 0.1) is 0 Å².